The van der Waals surface area contributed by atoms with Gasteiger partial charge in [0.2, 0.25) is 11.0 Å². The summed E-state index contributed by atoms with van der Waals surface area (Å²) in [7, 11) is 0. The highest BCUT2D eigenvalue weighted by Crippen LogP contribution is 2.31. The van der Waals surface area contributed by atoms with Crippen LogP contribution in [0.4, 0.5) is 5.13 Å². The number of ether oxygens (including phenoxy) is 1. The molecular formula is C14H14ClN3O2S. The van der Waals surface area contributed by atoms with Gasteiger partial charge in [0.05, 0.1) is 6.42 Å². The number of halogens is 1. The molecule has 1 N–H and O–H groups in total. The summed E-state index contributed by atoms with van der Waals surface area (Å²) >= 11 is 7.19. The second-order valence-electron chi connectivity index (χ2n) is 4.80. The van der Waals surface area contributed by atoms with Crippen LogP contribution in [-0.4, -0.2) is 22.7 Å². The van der Waals surface area contributed by atoms with Crippen molar-refractivity contribution in [1.82, 2.24) is 10.2 Å². The number of carbonyl (C=O) groups excluding carboxylic acids is 1. The van der Waals surface area contributed by atoms with Gasteiger partial charge in [0.1, 0.15) is 11.1 Å². The molecule has 5 nitrogen and oxygen atoms in total. The van der Waals surface area contributed by atoms with E-state index in [-0.39, 0.29) is 18.4 Å². The second kappa shape index (κ2) is 6.51. The lowest BCUT2D eigenvalue weighted by Gasteiger charge is -2.03. The van der Waals surface area contributed by atoms with Gasteiger partial charge < -0.3 is 10.1 Å². The van der Waals surface area contributed by atoms with Crippen LogP contribution >= 0.6 is 22.9 Å². The lowest BCUT2D eigenvalue weighted by Crippen LogP contribution is -2.14. The maximum atomic E-state index is 12.0. The lowest BCUT2D eigenvalue weighted by molar-refractivity contribution is -0.115. The number of amides is 1. The normalized spacial score (nSPS) is 17.9. The average Bonchev–Trinajstić information content (AvgIpc) is 3.12. The van der Waals surface area contributed by atoms with Crippen LogP contribution < -0.4 is 5.32 Å². The van der Waals surface area contributed by atoms with E-state index in [0.717, 1.165) is 30.0 Å². The summed E-state index contributed by atoms with van der Waals surface area (Å²) in [6.45, 7) is 0.766. The van der Waals surface area contributed by atoms with Gasteiger partial charge in [0.25, 0.3) is 0 Å². The summed E-state index contributed by atoms with van der Waals surface area (Å²) in [5.41, 5.74) is 0.903. The molecule has 0 aliphatic carbocycles. The zero-order chi connectivity index (χ0) is 14.7. The Bertz CT molecular complexity index is 623. The van der Waals surface area contributed by atoms with Gasteiger partial charge in [-0.15, -0.1) is 10.2 Å². The second-order valence-corrected chi connectivity index (χ2v) is 6.24. The Morgan fingerprint density at radius 1 is 1.38 bits per heavy atom. The van der Waals surface area contributed by atoms with Gasteiger partial charge in [0.15, 0.2) is 0 Å². The van der Waals surface area contributed by atoms with Crippen LogP contribution in [0.2, 0.25) is 5.02 Å². The fourth-order valence-corrected chi connectivity index (χ4v) is 3.11. The first-order valence-electron chi connectivity index (χ1n) is 6.70. The molecule has 3 rings (SSSR count). The Labute approximate surface area is 131 Å². The molecule has 21 heavy (non-hydrogen) atoms. The largest absolute Gasteiger partial charge is 0.371 e. The first kappa shape index (κ1) is 14.4. The van der Waals surface area contributed by atoms with Gasteiger partial charge in [-0.2, -0.15) is 0 Å². The number of anilines is 1. The molecule has 1 unspecified atom stereocenters. The van der Waals surface area contributed by atoms with Crippen molar-refractivity contribution < 1.29 is 9.53 Å². The predicted molar refractivity (Wildman–Crippen MR) is 81.6 cm³/mol. The summed E-state index contributed by atoms with van der Waals surface area (Å²) in [5, 5.41) is 12.8. The molecule has 7 heteroatoms. The molecule has 1 saturated heterocycles. The van der Waals surface area contributed by atoms with Crippen LogP contribution in [0.15, 0.2) is 24.3 Å². The fourth-order valence-electron chi connectivity index (χ4n) is 2.14. The standard InChI is InChI=1S/C14H14ClN3O2S/c15-10-5-3-9(4-6-10)8-12(19)16-14-18-17-13(21-14)11-2-1-7-20-11/h3-6,11H,1-2,7-8H2,(H,16,18,19). The van der Waals surface area contributed by atoms with Gasteiger partial charge in [0, 0.05) is 11.6 Å². The van der Waals surface area contributed by atoms with Crippen LogP contribution in [0.5, 0.6) is 0 Å². The van der Waals surface area contributed by atoms with Crippen LogP contribution in [0.25, 0.3) is 0 Å². The molecule has 1 aliphatic rings. The fraction of sp³-hybridized carbons (Fsp3) is 0.357. The molecule has 2 aromatic rings. The van der Waals surface area contributed by atoms with Crippen LogP contribution in [0.1, 0.15) is 29.5 Å². The first-order chi connectivity index (χ1) is 10.2. The topological polar surface area (TPSA) is 64.1 Å². The molecular weight excluding hydrogens is 310 g/mol. The summed E-state index contributed by atoms with van der Waals surface area (Å²) in [6.07, 6.45) is 2.33. The molecule has 110 valence electrons. The van der Waals surface area contributed by atoms with Crippen LogP contribution in [0, 0.1) is 0 Å². The molecule has 0 saturated carbocycles. The summed E-state index contributed by atoms with van der Waals surface area (Å²) in [6, 6.07) is 7.20. The van der Waals surface area contributed by atoms with E-state index in [4.69, 9.17) is 16.3 Å². The van der Waals surface area contributed by atoms with E-state index in [1.54, 1.807) is 12.1 Å². The van der Waals surface area contributed by atoms with E-state index in [1.165, 1.54) is 11.3 Å². The molecule has 1 aromatic carbocycles. The number of carbonyl (C=O) groups is 1. The Morgan fingerprint density at radius 3 is 2.90 bits per heavy atom. The number of benzene rings is 1. The lowest BCUT2D eigenvalue weighted by atomic mass is 10.1. The minimum atomic E-state index is -0.118. The Morgan fingerprint density at radius 2 is 2.19 bits per heavy atom. The molecule has 1 atom stereocenters. The van der Waals surface area contributed by atoms with Crippen molar-refractivity contribution in [1.29, 1.82) is 0 Å². The van der Waals surface area contributed by atoms with E-state index >= 15 is 0 Å². The van der Waals surface area contributed by atoms with Gasteiger partial charge in [-0.3, -0.25) is 4.79 Å². The van der Waals surface area contributed by atoms with Crippen molar-refractivity contribution >= 4 is 34.0 Å². The quantitative estimate of drug-likeness (QED) is 0.938. The molecule has 1 aromatic heterocycles. The summed E-state index contributed by atoms with van der Waals surface area (Å²) in [4.78, 5) is 12.0. The van der Waals surface area contributed by atoms with E-state index in [0.29, 0.717) is 10.2 Å². The van der Waals surface area contributed by atoms with E-state index in [1.807, 2.05) is 12.1 Å². The van der Waals surface area contributed by atoms with Gasteiger partial charge >= 0.3 is 0 Å². The Hall–Kier alpha value is -1.50. The van der Waals surface area contributed by atoms with Crippen molar-refractivity contribution in [3.63, 3.8) is 0 Å². The van der Waals surface area contributed by atoms with Gasteiger partial charge in [-0.05, 0) is 30.5 Å². The summed E-state index contributed by atoms with van der Waals surface area (Å²) in [5.74, 6) is -0.118. The van der Waals surface area contributed by atoms with Crippen molar-refractivity contribution in [3.05, 3.63) is 39.9 Å². The third-order valence-corrected chi connectivity index (χ3v) is 4.35. The van der Waals surface area contributed by atoms with Gasteiger partial charge in [-0.25, -0.2) is 0 Å². The molecule has 1 amide bonds. The number of nitrogens with one attached hydrogen (secondary N) is 1. The molecule has 1 fully saturated rings. The van der Waals surface area contributed by atoms with Crippen molar-refractivity contribution in [3.8, 4) is 0 Å². The smallest absolute Gasteiger partial charge is 0.230 e. The van der Waals surface area contributed by atoms with E-state index in [9.17, 15) is 4.79 Å². The predicted octanol–water partition coefficient (Wildman–Crippen LogP) is 3.22. The highest BCUT2D eigenvalue weighted by atomic mass is 35.5. The molecule has 1 aliphatic heterocycles. The molecule has 0 bridgehead atoms. The minimum Gasteiger partial charge on any atom is -0.371 e. The Kier molecular flexibility index (Phi) is 4.48. The number of aromatic nitrogens is 2. The molecule has 0 spiro atoms. The molecule has 2 heterocycles. The van der Waals surface area contributed by atoms with E-state index in [2.05, 4.69) is 15.5 Å². The van der Waals surface area contributed by atoms with Crippen molar-refractivity contribution in [2.75, 3.05) is 11.9 Å². The molecule has 0 radical (unpaired) electrons. The third-order valence-electron chi connectivity index (χ3n) is 3.17. The van der Waals surface area contributed by atoms with Crippen molar-refractivity contribution in [2.24, 2.45) is 0 Å². The third kappa shape index (κ3) is 3.78. The maximum absolute atomic E-state index is 12.0. The van der Waals surface area contributed by atoms with Gasteiger partial charge in [-0.1, -0.05) is 35.1 Å². The highest BCUT2D eigenvalue weighted by Gasteiger charge is 2.22. The zero-order valence-corrected chi connectivity index (χ0v) is 12.8. The van der Waals surface area contributed by atoms with Crippen LogP contribution in [0.3, 0.4) is 0 Å². The zero-order valence-electron chi connectivity index (χ0n) is 11.2. The summed E-state index contributed by atoms with van der Waals surface area (Å²) < 4.78 is 5.55. The number of hydrogen-bond acceptors (Lipinski definition) is 5. The number of rotatable bonds is 4. The number of hydrogen-bond donors (Lipinski definition) is 1. The van der Waals surface area contributed by atoms with Crippen molar-refractivity contribution in [2.45, 2.75) is 25.4 Å². The monoisotopic (exact) mass is 323 g/mol. The van der Waals surface area contributed by atoms with Crippen LogP contribution in [-0.2, 0) is 16.0 Å². The first-order valence-corrected chi connectivity index (χ1v) is 7.89. The van der Waals surface area contributed by atoms with E-state index < -0.39 is 0 Å². The number of nitrogens with zero attached hydrogens (tertiary/aromatic N) is 2. The minimum absolute atomic E-state index is 0.0319. The highest BCUT2D eigenvalue weighted by molar-refractivity contribution is 7.15. The maximum Gasteiger partial charge on any atom is 0.230 e. The Balaban J connectivity index is 1.58. The SMILES string of the molecule is O=C(Cc1ccc(Cl)cc1)Nc1nnc(C2CCCO2)s1. The average molecular weight is 324 g/mol.